The summed E-state index contributed by atoms with van der Waals surface area (Å²) in [6, 6.07) is 0. The molecule has 0 radical (unpaired) electrons. The van der Waals surface area contributed by atoms with Crippen LogP contribution in [-0.2, 0) is 4.74 Å². The monoisotopic (exact) mass is 145 g/mol. The highest BCUT2D eigenvalue weighted by atomic mass is 16.7. The summed E-state index contributed by atoms with van der Waals surface area (Å²) in [6.07, 6.45) is 2.79. The van der Waals surface area contributed by atoms with Gasteiger partial charge in [0.1, 0.15) is 0 Å². The molecule has 4 heteroatoms. The Bertz CT molecular complexity index is 118. The Morgan fingerprint density at radius 3 is 2.90 bits per heavy atom. The van der Waals surface area contributed by atoms with Crippen molar-refractivity contribution in [3.05, 3.63) is 10.1 Å². The molecule has 1 aliphatic heterocycles. The van der Waals surface area contributed by atoms with Gasteiger partial charge in [0.2, 0.25) is 0 Å². The van der Waals surface area contributed by atoms with E-state index in [9.17, 15) is 10.1 Å². The number of nitro groups is 1. The van der Waals surface area contributed by atoms with Gasteiger partial charge in [-0.3, -0.25) is 10.1 Å². The molecular weight excluding hydrogens is 134 g/mol. The van der Waals surface area contributed by atoms with Crippen molar-refractivity contribution < 1.29 is 9.66 Å². The van der Waals surface area contributed by atoms with Gasteiger partial charge in [0, 0.05) is 6.42 Å². The van der Waals surface area contributed by atoms with Crippen LogP contribution in [-0.4, -0.2) is 17.8 Å². The summed E-state index contributed by atoms with van der Waals surface area (Å²) in [7, 11) is 0. The van der Waals surface area contributed by atoms with Crippen molar-refractivity contribution in [2.24, 2.45) is 0 Å². The number of hydrogen-bond donors (Lipinski definition) is 0. The molecule has 1 fully saturated rings. The zero-order chi connectivity index (χ0) is 7.40. The summed E-state index contributed by atoms with van der Waals surface area (Å²) in [5, 5.41) is 10.2. The van der Waals surface area contributed by atoms with E-state index in [4.69, 9.17) is 4.74 Å². The van der Waals surface area contributed by atoms with Gasteiger partial charge >= 0.3 is 6.23 Å². The Morgan fingerprint density at radius 2 is 2.20 bits per heavy atom. The lowest BCUT2D eigenvalue weighted by molar-refractivity contribution is -0.576. The Kier molecular flexibility index (Phi) is 2.62. The molecule has 0 aromatic heterocycles. The highest BCUT2D eigenvalue weighted by molar-refractivity contribution is 4.51. The first-order valence-corrected chi connectivity index (χ1v) is 3.56. The Hall–Kier alpha value is -0.640. The predicted octanol–water partition coefficient (Wildman–Crippen LogP) is 1.18. The summed E-state index contributed by atoms with van der Waals surface area (Å²) in [6.45, 7) is 0.547. The van der Waals surface area contributed by atoms with Crippen LogP contribution in [0.3, 0.4) is 0 Å². The van der Waals surface area contributed by atoms with Crippen molar-refractivity contribution in [1.29, 1.82) is 0 Å². The third-order valence-electron chi connectivity index (χ3n) is 1.64. The molecule has 1 saturated heterocycles. The van der Waals surface area contributed by atoms with Crippen molar-refractivity contribution in [2.45, 2.75) is 31.9 Å². The van der Waals surface area contributed by atoms with Crippen LogP contribution in [0.2, 0.25) is 0 Å². The highest BCUT2D eigenvalue weighted by Crippen LogP contribution is 2.12. The largest absolute Gasteiger partial charge is 0.317 e. The topological polar surface area (TPSA) is 52.4 Å². The van der Waals surface area contributed by atoms with Gasteiger partial charge in [-0.2, -0.15) is 0 Å². The maximum absolute atomic E-state index is 10.2. The molecule has 0 spiro atoms. The molecule has 1 unspecified atom stereocenters. The summed E-state index contributed by atoms with van der Waals surface area (Å²) in [5.41, 5.74) is 0. The van der Waals surface area contributed by atoms with Crippen LogP contribution < -0.4 is 0 Å². The molecule has 58 valence electrons. The van der Waals surface area contributed by atoms with Crippen LogP contribution in [0.4, 0.5) is 0 Å². The van der Waals surface area contributed by atoms with Crippen molar-refractivity contribution in [2.75, 3.05) is 6.61 Å². The molecule has 0 N–H and O–H groups in total. The van der Waals surface area contributed by atoms with E-state index in [0.717, 1.165) is 19.3 Å². The van der Waals surface area contributed by atoms with Crippen molar-refractivity contribution in [3.63, 3.8) is 0 Å². The van der Waals surface area contributed by atoms with Gasteiger partial charge in [-0.15, -0.1) is 0 Å². The first kappa shape index (κ1) is 7.47. The van der Waals surface area contributed by atoms with Crippen LogP contribution in [0.5, 0.6) is 0 Å². The maximum atomic E-state index is 10.2. The van der Waals surface area contributed by atoms with Gasteiger partial charge in [-0.05, 0) is 12.8 Å². The normalized spacial score (nSPS) is 27.4. The lowest BCUT2D eigenvalue weighted by atomic mass is 10.2. The van der Waals surface area contributed by atoms with E-state index in [0.29, 0.717) is 13.0 Å². The Morgan fingerprint density at radius 1 is 1.40 bits per heavy atom. The highest BCUT2D eigenvalue weighted by Gasteiger charge is 2.21. The molecule has 1 rings (SSSR count). The quantitative estimate of drug-likeness (QED) is 0.411. The predicted molar refractivity (Wildman–Crippen MR) is 35.2 cm³/mol. The minimum atomic E-state index is -0.734. The molecule has 0 bridgehead atoms. The van der Waals surface area contributed by atoms with E-state index < -0.39 is 6.23 Å². The first-order valence-electron chi connectivity index (χ1n) is 3.56. The number of rotatable bonds is 1. The lowest BCUT2D eigenvalue weighted by Gasteiger charge is -2.04. The van der Waals surface area contributed by atoms with E-state index in [2.05, 4.69) is 0 Å². The summed E-state index contributed by atoms with van der Waals surface area (Å²) in [5.74, 6) is 0. The molecule has 0 aromatic carbocycles. The standard InChI is InChI=1S/C6H11NO3/c8-7(9)6-4-2-1-3-5-10-6/h6H,1-5H2. The second-order valence-electron chi connectivity index (χ2n) is 2.46. The fourth-order valence-electron chi connectivity index (χ4n) is 1.07. The first-order chi connectivity index (χ1) is 4.80. The summed E-state index contributed by atoms with van der Waals surface area (Å²) in [4.78, 5) is 9.85. The third kappa shape index (κ3) is 1.95. The molecule has 0 saturated carbocycles. The van der Waals surface area contributed by atoms with Gasteiger partial charge in [0.15, 0.2) is 0 Å². The lowest BCUT2D eigenvalue weighted by Crippen LogP contribution is -2.21. The van der Waals surface area contributed by atoms with Gasteiger partial charge in [-0.1, -0.05) is 6.42 Å². The van der Waals surface area contributed by atoms with Crippen LogP contribution >= 0.6 is 0 Å². The number of nitrogens with zero attached hydrogens (tertiary/aromatic N) is 1. The molecular formula is C6H11NO3. The van der Waals surface area contributed by atoms with E-state index in [-0.39, 0.29) is 4.92 Å². The molecule has 0 aromatic rings. The third-order valence-corrected chi connectivity index (χ3v) is 1.64. The van der Waals surface area contributed by atoms with Crippen molar-refractivity contribution >= 4 is 0 Å². The smallest absolute Gasteiger partial charge is 0.315 e. The minimum absolute atomic E-state index is 0.342. The van der Waals surface area contributed by atoms with Gasteiger partial charge in [-0.25, -0.2) is 0 Å². The van der Waals surface area contributed by atoms with Gasteiger partial charge in [0.25, 0.3) is 0 Å². The average molecular weight is 145 g/mol. The Balaban J connectivity index is 2.35. The molecule has 0 amide bonds. The molecule has 0 aliphatic carbocycles. The molecule has 4 nitrogen and oxygen atoms in total. The van der Waals surface area contributed by atoms with Crippen molar-refractivity contribution in [1.82, 2.24) is 0 Å². The SMILES string of the molecule is O=[N+]([O-])C1CCCCCO1. The second kappa shape index (κ2) is 3.51. The summed E-state index contributed by atoms with van der Waals surface area (Å²) < 4.78 is 4.97. The summed E-state index contributed by atoms with van der Waals surface area (Å²) >= 11 is 0. The second-order valence-corrected chi connectivity index (χ2v) is 2.46. The van der Waals surface area contributed by atoms with Crippen molar-refractivity contribution in [3.8, 4) is 0 Å². The minimum Gasteiger partial charge on any atom is -0.317 e. The fourth-order valence-corrected chi connectivity index (χ4v) is 1.07. The van der Waals surface area contributed by atoms with Crippen LogP contribution in [0.1, 0.15) is 25.7 Å². The van der Waals surface area contributed by atoms with Gasteiger partial charge < -0.3 is 4.74 Å². The van der Waals surface area contributed by atoms with Gasteiger partial charge in [0.05, 0.1) is 11.5 Å². The number of hydrogen-bond acceptors (Lipinski definition) is 3. The molecule has 1 heterocycles. The van der Waals surface area contributed by atoms with Crippen LogP contribution in [0, 0.1) is 10.1 Å². The van der Waals surface area contributed by atoms with Crippen LogP contribution in [0.15, 0.2) is 0 Å². The van der Waals surface area contributed by atoms with E-state index in [1.807, 2.05) is 0 Å². The fraction of sp³-hybridized carbons (Fsp3) is 1.00. The Labute approximate surface area is 59.3 Å². The molecule has 10 heavy (non-hydrogen) atoms. The van der Waals surface area contributed by atoms with E-state index in [1.165, 1.54) is 0 Å². The zero-order valence-corrected chi connectivity index (χ0v) is 5.78. The molecule has 1 atom stereocenters. The molecule has 1 aliphatic rings. The van der Waals surface area contributed by atoms with Crippen LogP contribution in [0.25, 0.3) is 0 Å². The maximum Gasteiger partial charge on any atom is 0.315 e. The average Bonchev–Trinajstić information content (AvgIpc) is 2.12. The van der Waals surface area contributed by atoms with E-state index >= 15 is 0 Å². The number of ether oxygens (including phenoxy) is 1. The van der Waals surface area contributed by atoms with E-state index in [1.54, 1.807) is 0 Å². The zero-order valence-electron chi connectivity index (χ0n) is 5.78.